The zero-order valence-corrected chi connectivity index (χ0v) is 22.5. The number of carbonyl (C=O) groups excluding carboxylic acids is 2. The third kappa shape index (κ3) is 6.12. The SMILES string of the molecule is Cc1ccc([C@H](C(=O)Nc2ccc(C(C)C)cc2)N(Cc2ccco2)C(=O)Cc2cc3ccccc3[nH]2)cc1. The van der Waals surface area contributed by atoms with Crippen molar-refractivity contribution in [2.45, 2.75) is 45.7 Å². The topological polar surface area (TPSA) is 78.3 Å². The van der Waals surface area contributed by atoms with Crippen LogP contribution in [0.2, 0.25) is 0 Å². The summed E-state index contributed by atoms with van der Waals surface area (Å²) in [4.78, 5) is 32.8. The largest absolute Gasteiger partial charge is 0.467 e. The molecule has 6 nitrogen and oxygen atoms in total. The zero-order valence-electron chi connectivity index (χ0n) is 22.5. The quantitative estimate of drug-likeness (QED) is 0.217. The number of H-pyrrole nitrogens is 1. The first-order valence-corrected chi connectivity index (χ1v) is 13.2. The number of aromatic nitrogens is 1. The van der Waals surface area contributed by atoms with Crippen LogP contribution in [0.3, 0.4) is 0 Å². The van der Waals surface area contributed by atoms with Crippen LogP contribution in [0.25, 0.3) is 10.9 Å². The number of benzene rings is 3. The van der Waals surface area contributed by atoms with E-state index in [1.807, 2.05) is 91.9 Å². The molecule has 198 valence electrons. The summed E-state index contributed by atoms with van der Waals surface area (Å²) < 4.78 is 5.62. The minimum Gasteiger partial charge on any atom is -0.467 e. The van der Waals surface area contributed by atoms with Crippen LogP contribution in [0.15, 0.2) is 102 Å². The molecular weight excluding hydrogens is 486 g/mol. The molecule has 2 amide bonds. The van der Waals surface area contributed by atoms with E-state index in [0.717, 1.165) is 27.7 Å². The van der Waals surface area contributed by atoms with Crippen LogP contribution in [0.1, 0.15) is 54.0 Å². The number of para-hydroxylation sites is 1. The molecule has 2 heterocycles. The van der Waals surface area contributed by atoms with Crippen molar-refractivity contribution in [3.63, 3.8) is 0 Å². The fourth-order valence-electron chi connectivity index (χ4n) is 4.77. The van der Waals surface area contributed by atoms with Gasteiger partial charge in [0.1, 0.15) is 11.8 Å². The molecule has 0 fully saturated rings. The summed E-state index contributed by atoms with van der Waals surface area (Å²) in [7, 11) is 0. The lowest BCUT2D eigenvalue weighted by Crippen LogP contribution is -2.41. The number of nitrogens with one attached hydrogen (secondary N) is 2. The maximum Gasteiger partial charge on any atom is 0.251 e. The lowest BCUT2D eigenvalue weighted by atomic mass is 10.0. The molecule has 5 rings (SSSR count). The van der Waals surface area contributed by atoms with Crippen molar-refractivity contribution in [2.75, 3.05) is 5.32 Å². The molecule has 2 N–H and O–H groups in total. The Balaban J connectivity index is 1.49. The van der Waals surface area contributed by atoms with Crippen molar-refractivity contribution in [3.05, 3.63) is 125 Å². The first kappa shape index (κ1) is 26.0. The third-order valence-electron chi connectivity index (χ3n) is 6.95. The number of fused-ring (bicyclic) bond motifs is 1. The van der Waals surface area contributed by atoms with Gasteiger partial charge in [0, 0.05) is 16.9 Å². The molecule has 3 aromatic carbocycles. The van der Waals surface area contributed by atoms with Crippen LogP contribution in [0, 0.1) is 6.92 Å². The monoisotopic (exact) mass is 519 g/mol. The summed E-state index contributed by atoms with van der Waals surface area (Å²) in [6.45, 7) is 6.42. The molecule has 0 unspecified atom stereocenters. The van der Waals surface area contributed by atoms with Gasteiger partial charge in [-0.2, -0.15) is 0 Å². The summed E-state index contributed by atoms with van der Waals surface area (Å²) in [6.07, 6.45) is 1.70. The smallest absolute Gasteiger partial charge is 0.251 e. The van der Waals surface area contributed by atoms with Crippen LogP contribution < -0.4 is 5.32 Å². The van der Waals surface area contributed by atoms with Gasteiger partial charge >= 0.3 is 0 Å². The van der Waals surface area contributed by atoms with Crippen molar-refractivity contribution in [1.29, 1.82) is 0 Å². The van der Waals surface area contributed by atoms with E-state index in [1.165, 1.54) is 5.56 Å². The number of rotatable bonds is 9. The average molecular weight is 520 g/mol. The Hall–Kier alpha value is -4.58. The second-order valence-corrected chi connectivity index (χ2v) is 10.2. The number of aryl methyl sites for hydroxylation is 1. The molecule has 0 saturated heterocycles. The number of nitrogens with zero attached hydrogens (tertiary/aromatic N) is 1. The second-order valence-electron chi connectivity index (χ2n) is 10.2. The van der Waals surface area contributed by atoms with Crippen LogP contribution in [-0.2, 0) is 22.6 Å². The number of furan rings is 1. The van der Waals surface area contributed by atoms with Gasteiger partial charge in [-0.25, -0.2) is 0 Å². The Kier molecular flexibility index (Phi) is 7.64. The van der Waals surface area contributed by atoms with Gasteiger partial charge in [0.25, 0.3) is 5.91 Å². The number of amides is 2. The maximum atomic E-state index is 14.0. The van der Waals surface area contributed by atoms with E-state index in [4.69, 9.17) is 4.42 Å². The molecule has 0 radical (unpaired) electrons. The molecule has 0 aliphatic heterocycles. The van der Waals surface area contributed by atoms with E-state index in [0.29, 0.717) is 17.4 Å². The van der Waals surface area contributed by atoms with E-state index in [-0.39, 0.29) is 24.8 Å². The summed E-state index contributed by atoms with van der Waals surface area (Å²) in [5.41, 5.74) is 5.43. The lowest BCUT2D eigenvalue weighted by Gasteiger charge is -2.31. The van der Waals surface area contributed by atoms with Crippen molar-refractivity contribution in [3.8, 4) is 0 Å². The van der Waals surface area contributed by atoms with Gasteiger partial charge in [0.15, 0.2) is 0 Å². The second kappa shape index (κ2) is 11.4. The number of hydrogen-bond acceptors (Lipinski definition) is 3. The fourth-order valence-corrected chi connectivity index (χ4v) is 4.77. The summed E-state index contributed by atoms with van der Waals surface area (Å²) in [5, 5.41) is 4.09. The predicted molar refractivity (Wildman–Crippen MR) is 154 cm³/mol. The van der Waals surface area contributed by atoms with E-state index in [1.54, 1.807) is 17.2 Å². The molecule has 0 aliphatic rings. The van der Waals surface area contributed by atoms with E-state index >= 15 is 0 Å². The Labute approximate surface area is 228 Å². The van der Waals surface area contributed by atoms with Gasteiger partial charge in [-0.15, -0.1) is 0 Å². The fraction of sp³-hybridized carbons (Fsp3) is 0.212. The number of aromatic amines is 1. The molecule has 1 atom stereocenters. The molecule has 6 heteroatoms. The highest BCUT2D eigenvalue weighted by molar-refractivity contribution is 5.98. The Morgan fingerprint density at radius 2 is 1.62 bits per heavy atom. The van der Waals surface area contributed by atoms with Crippen LogP contribution in [0.5, 0.6) is 0 Å². The normalized spacial score (nSPS) is 12.0. The molecule has 39 heavy (non-hydrogen) atoms. The van der Waals surface area contributed by atoms with Crippen LogP contribution in [-0.4, -0.2) is 21.7 Å². The summed E-state index contributed by atoms with van der Waals surface area (Å²) in [6, 6.07) is 28.2. The first-order valence-electron chi connectivity index (χ1n) is 13.2. The van der Waals surface area contributed by atoms with Gasteiger partial charge in [-0.1, -0.05) is 74.0 Å². The molecule has 0 aliphatic carbocycles. The highest BCUT2D eigenvalue weighted by Crippen LogP contribution is 2.28. The van der Waals surface area contributed by atoms with Crippen LogP contribution in [0.4, 0.5) is 5.69 Å². The van der Waals surface area contributed by atoms with Crippen molar-refractivity contribution < 1.29 is 14.0 Å². The Morgan fingerprint density at radius 1 is 0.897 bits per heavy atom. The highest BCUT2D eigenvalue weighted by Gasteiger charge is 2.32. The standard InChI is InChI=1S/C33H33N3O3/c1-22(2)24-14-16-27(17-15-24)35-33(38)32(25-12-10-23(3)11-13-25)36(21-29-8-6-18-39-29)31(37)20-28-19-26-7-4-5-9-30(26)34-28/h4-19,22,32,34H,20-21H2,1-3H3,(H,35,38)/t32-/m1/s1. The van der Waals surface area contributed by atoms with E-state index in [2.05, 4.69) is 24.1 Å². The van der Waals surface area contributed by atoms with Crippen molar-refractivity contribution in [2.24, 2.45) is 0 Å². The zero-order chi connectivity index (χ0) is 27.4. The lowest BCUT2D eigenvalue weighted by molar-refractivity contribution is -0.139. The number of hydrogen-bond donors (Lipinski definition) is 2. The maximum absolute atomic E-state index is 14.0. The minimum atomic E-state index is -0.864. The minimum absolute atomic E-state index is 0.119. The predicted octanol–water partition coefficient (Wildman–Crippen LogP) is 7.14. The van der Waals surface area contributed by atoms with Crippen molar-refractivity contribution in [1.82, 2.24) is 9.88 Å². The average Bonchev–Trinajstić information content (AvgIpc) is 3.59. The highest BCUT2D eigenvalue weighted by atomic mass is 16.3. The summed E-state index contributed by atoms with van der Waals surface area (Å²) >= 11 is 0. The molecule has 2 aromatic heterocycles. The Morgan fingerprint density at radius 3 is 2.28 bits per heavy atom. The summed E-state index contributed by atoms with van der Waals surface area (Å²) in [5.74, 6) is 0.522. The van der Waals surface area contributed by atoms with E-state index < -0.39 is 6.04 Å². The van der Waals surface area contributed by atoms with Crippen LogP contribution >= 0.6 is 0 Å². The number of carbonyl (C=O) groups is 2. The van der Waals surface area contributed by atoms with Crippen molar-refractivity contribution >= 4 is 28.4 Å². The molecule has 5 aromatic rings. The van der Waals surface area contributed by atoms with E-state index in [9.17, 15) is 9.59 Å². The van der Waals surface area contributed by atoms with Gasteiger partial charge < -0.3 is 19.6 Å². The van der Waals surface area contributed by atoms with Gasteiger partial charge in [0.2, 0.25) is 5.91 Å². The third-order valence-corrected chi connectivity index (χ3v) is 6.95. The number of anilines is 1. The molecule has 0 spiro atoms. The molecule has 0 saturated carbocycles. The molecular formula is C33H33N3O3. The van der Waals surface area contributed by atoms with Gasteiger partial charge in [-0.05, 0) is 65.8 Å². The van der Waals surface area contributed by atoms with Gasteiger partial charge in [0.05, 0.1) is 19.2 Å². The van der Waals surface area contributed by atoms with Gasteiger partial charge in [-0.3, -0.25) is 9.59 Å². The first-order chi connectivity index (χ1) is 18.9. The Bertz CT molecular complexity index is 1520. The molecule has 0 bridgehead atoms.